The van der Waals surface area contributed by atoms with E-state index in [4.69, 9.17) is 5.14 Å². The second kappa shape index (κ2) is 7.42. The molecule has 2 rings (SSSR count). The molecular formula is C16H25N3O3S. The molecule has 1 aliphatic heterocycles. The van der Waals surface area contributed by atoms with Gasteiger partial charge in [0, 0.05) is 25.2 Å². The first-order valence-electron chi connectivity index (χ1n) is 7.99. The van der Waals surface area contributed by atoms with E-state index >= 15 is 0 Å². The third kappa shape index (κ3) is 4.53. The van der Waals surface area contributed by atoms with Crippen LogP contribution in [0.25, 0.3) is 0 Å². The molecule has 0 spiro atoms. The van der Waals surface area contributed by atoms with Crippen molar-refractivity contribution in [3.8, 4) is 0 Å². The largest absolute Gasteiger partial charge is 0.339 e. The number of benzene rings is 1. The Morgan fingerprint density at radius 3 is 2.43 bits per heavy atom. The van der Waals surface area contributed by atoms with Gasteiger partial charge in [0.2, 0.25) is 10.0 Å². The summed E-state index contributed by atoms with van der Waals surface area (Å²) in [5.74, 6) is 0.436. The van der Waals surface area contributed by atoms with E-state index in [-0.39, 0.29) is 10.8 Å². The second-order valence-corrected chi connectivity index (χ2v) is 7.52. The van der Waals surface area contributed by atoms with Crippen LogP contribution in [0.3, 0.4) is 0 Å². The Morgan fingerprint density at radius 1 is 1.30 bits per heavy atom. The van der Waals surface area contributed by atoms with Crippen molar-refractivity contribution in [1.29, 1.82) is 0 Å². The van der Waals surface area contributed by atoms with Gasteiger partial charge in [0.1, 0.15) is 0 Å². The fourth-order valence-electron chi connectivity index (χ4n) is 2.99. The number of nitrogens with two attached hydrogens (primary N) is 1. The van der Waals surface area contributed by atoms with E-state index in [0.29, 0.717) is 18.0 Å². The highest BCUT2D eigenvalue weighted by atomic mass is 32.2. The average molecular weight is 339 g/mol. The quantitative estimate of drug-likeness (QED) is 0.842. The van der Waals surface area contributed by atoms with Crippen LogP contribution in [0.4, 0.5) is 0 Å². The fourth-order valence-corrected chi connectivity index (χ4v) is 3.50. The minimum atomic E-state index is -3.73. The number of hydrogen-bond donors (Lipinski definition) is 1. The zero-order valence-corrected chi connectivity index (χ0v) is 14.6. The molecule has 0 bridgehead atoms. The molecule has 1 aliphatic rings. The van der Waals surface area contributed by atoms with Crippen molar-refractivity contribution in [1.82, 2.24) is 9.80 Å². The Kier molecular flexibility index (Phi) is 5.78. The third-order valence-corrected chi connectivity index (χ3v) is 5.32. The highest BCUT2D eigenvalue weighted by molar-refractivity contribution is 7.89. The Balaban J connectivity index is 2.05. The summed E-state index contributed by atoms with van der Waals surface area (Å²) in [5.41, 5.74) is 0.490. The number of carbonyl (C=O) groups excluding carboxylic acids is 1. The van der Waals surface area contributed by atoms with Crippen molar-refractivity contribution < 1.29 is 13.2 Å². The van der Waals surface area contributed by atoms with E-state index in [2.05, 4.69) is 11.8 Å². The highest BCUT2D eigenvalue weighted by Crippen LogP contribution is 2.18. The monoisotopic (exact) mass is 339 g/mol. The highest BCUT2D eigenvalue weighted by Gasteiger charge is 2.25. The summed E-state index contributed by atoms with van der Waals surface area (Å²) >= 11 is 0. The first kappa shape index (κ1) is 17.9. The van der Waals surface area contributed by atoms with Crippen LogP contribution in [-0.4, -0.2) is 56.8 Å². The molecule has 0 saturated carbocycles. The smallest absolute Gasteiger partial charge is 0.253 e. The molecule has 128 valence electrons. The van der Waals surface area contributed by atoms with Crippen molar-refractivity contribution in [2.45, 2.75) is 25.2 Å². The molecule has 7 heteroatoms. The van der Waals surface area contributed by atoms with Crippen LogP contribution in [0.15, 0.2) is 29.2 Å². The molecule has 1 saturated heterocycles. The number of rotatable bonds is 6. The van der Waals surface area contributed by atoms with Crippen LogP contribution in [0.2, 0.25) is 0 Å². The van der Waals surface area contributed by atoms with Gasteiger partial charge in [-0.25, -0.2) is 13.6 Å². The molecule has 2 N–H and O–H groups in total. The van der Waals surface area contributed by atoms with E-state index < -0.39 is 10.0 Å². The predicted molar refractivity (Wildman–Crippen MR) is 89.6 cm³/mol. The van der Waals surface area contributed by atoms with Crippen LogP contribution in [0, 0.1) is 5.92 Å². The van der Waals surface area contributed by atoms with Crippen molar-refractivity contribution in [3.05, 3.63) is 29.8 Å². The van der Waals surface area contributed by atoms with E-state index in [9.17, 15) is 13.2 Å². The molecule has 1 aromatic carbocycles. The van der Waals surface area contributed by atoms with Crippen molar-refractivity contribution in [2.75, 3.05) is 32.7 Å². The SMILES string of the molecule is CCN1CC[C@@H](CN(CC)C(=O)c2ccc(S(N)(=O)=O)cc2)C1. The van der Waals surface area contributed by atoms with E-state index in [1.165, 1.54) is 24.3 Å². The van der Waals surface area contributed by atoms with Gasteiger partial charge in [-0.3, -0.25) is 4.79 Å². The van der Waals surface area contributed by atoms with Gasteiger partial charge in [0.15, 0.2) is 0 Å². The summed E-state index contributed by atoms with van der Waals surface area (Å²) in [5, 5.41) is 5.08. The van der Waals surface area contributed by atoms with Gasteiger partial charge in [0.05, 0.1) is 4.90 Å². The van der Waals surface area contributed by atoms with Crippen LogP contribution >= 0.6 is 0 Å². The lowest BCUT2D eigenvalue weighted by atomic mass is 10.1. The molecule has 1 heterocycles. The minimum absolute atomic E-state index is 0.0199. The summed E-state index contributed by atoms with van der Waals surface area (Å²) in [7, 11) is -3.73. The first-order valence-corrected chi connectivity index (χ1v) is 9.54. The molecule has 0 aliphatic carbocycles. The maximum absolute atomic E-state index is 12.6. The maximum atomic E-state index is 12.6. The predicted octanol–water partition coefficient (Wildman–Crippen LogP) is 1.14. The molecule has 6 nitrogen and oxygen atoms in total. The van der Waals surface area contributed by atoms with Crippen LogP contribution < -0.4 is 5.14 Å². The number of nitrogens with zero attached hydrogens (tertiary/aromatic N) is 2. The summed E-state index contributed by atoms with van der Waals surface area (Å²) in [6, 6.07) is 5.81. The number of hydrogen-bond acceptors (Lipinski definition) is 4. The number of likely N-dealkylation sites (tertiary alicyclic amines) is 1. The summed E-state index contributed by atoms with van der Waals surface area (Å²) in [4.78, 5) is 16.8. The Hall–Kier alpha value is -1.44. The lowest BCUT2D eigenvalue weighted by molar-refractivity contribution is 0.0739. The lowest BCUT2D eigenvalue weighted by Gasteiger charge is -2.24. The lowest BCUT2D eigenvalue weighted by Crippen LogP contribution is -2.36. The first-order chi connectivity index (χ1) is 10.8. The van der Waals surface area contributed by atoms with Crippen molar-refractivity contribution in [2.24, 2.45) is 11.1 Å². The number of carbonyl (C=O) groups is 1. The summed E-state index contributed by atoms with van der Waals surface area (Å²) < 4.78 is 22.5. The van der Waals surface area contributed by atoms with E-state index in [1.54, 1.807) is 0 Å². The Bertz CT molecular complexity index is 643. The fraction of sp³-hybridized carbons (Fsp3) is 0.562. The minimum Gasteiger partial charge on any atom is -0.339 e. The van der Waals surface area contributed by atoms with Crippen molar-refractivity contribution in [3.63, 3.8) is 0 Å². The average Bonchev–Trinajstić information content (AvgIpc) is 2.99. The van der Waals surface area contributed by atoms with Gasteiger partial charge in [-0.05, 0) is 56.6 Å². The zero-order chi connectivity index (χ0) is 17.0. The molecule has 1 atom stereocenters. The topological polar surface area (TPSA) is 83.7 Å². The number of primary sulfonamides is 1. The standard InChI is InChI=1S/C16H25N3O3S/c1-3-18-10-9-13(11-18)12-19(4-2)16(20)14-5-7-15(8-6-14)23(17,21)22/h5-8,13H,3-4,9-12H2,1-2H3,(H2,17,21,22)/t13-/m1/s1. The zero-order valence-electron chi connectivity index (χ0n) is 13.7. The molecule has 0 aromatic heterocycles. The normalized spacial score (nSPS) is 19.0. The molecule has 0 radical (unpaired) electrons. The Labute approximate surface area is 138 Å². The molecule has 1 fully saturated rings. The van der Waals surface area contributed by atoms with Gasteiger partial charge in [-0.1, -0.05) is 6.92 Å². The van der Waals surface area contributed by atoms with Crippen molar-refractivity contribution >= 4 is 15.9 Å². The maximum Gasteiger partial charge on any atom is 0.253 e. The van der Waals surface area contributed by atoms with Crippen LogP contribution in [0.5, 0.6) is 0 Å². The molecule has 1 aromatic rings. The molecule has 23 heavy (non-hydrogen) atoms. The molecular weight excluding hydrogens is 314 g/mol. The van der Waals surface area contributed by atoms with E-state index in [1.807, 2.05) is 11.8 Å². The Morgan fingerprint density at radius 2 is 1.96 bits per heavy atom. The third-order valence-electron chi connectivity index (χ3n) is 4.39. The number of amides is 1. The van der Waals surface area contributed by atoms with Gasteiger partial charge in [-0.2, -0.15) is 0 Å². The van der Waals surface area contributed by atoms with Crippen LogP contribution in [-0.2, 0) is 10.0 Å². The van der Waals surface area contributed by atoms with Gasteiger partial charge >= 0.3 is 0 Å². The summed E-state index contributed by atoms with van der Waals surface area (Å²) in [6.45, 7) is 8.66. The van der Waals surface area contributed by atoms with Gasteiger partial charge < -0.3 is 9.80 Å². The number of sulfonamides is 1. The van der Waals surface area contributed by atoms with Gasteiger partial charge in [-0.15, -0.1) is 0 Å². The summed E-state index contributed by atoms with van der Waals surface area (Å²) in [6.07, 6.45) is 1.11. The van der Waals surface area contributed by atoms with Crippen LogP contribution in [0.1, 0.15) is 30.6 Å². The molecule has 1 amide bonds. The van der Waals surface area contributed by atoms with Gasteiger partial charge in [0.25, 0.3) is 5.91 Å². The second-order valence-electron chi connectivity index (χ2n) is 5.96. The molecule has 0 unspecified atom stereocenters. The van der Waals surface area contributed by atoms with E-state index in [0.717, 1.165) is 32.6 Å².